The van der Waals surface area contributed by atoms with Crippen molar-refractivity contribution in [2.45, 2.75) is 25.1 Å². The van der Waals surface area contributed by atoms with Gasteiger partial charge in [-0.15, -0.1) is 11.3 Å². The number of alkyl halides is 3. The van der Waals surface area contributed by atoms with Crippen molar-refractivity contribution >= 4 is 17.0 Å². The van der Waals surface area contributed by atoms with E-state index in [0.717, 1.165) is 4.88 Å². The largest absolute Gasteiger partial charge is 0.392 e. The summed E-state index contributed by atoms with van der Waals surface area (Å²) >= 11 is 1.45. The molecule has 0 aliphatic carbocycles. The summed E-state index contributed by atoms with van der Waals surface area (Å²) in [6.07, 6.45) is -5.75. The second kappa shape index (κ2) is 3.84. The van der Waals surface area contributed by atoms with E-state index in [4.69, 9.17) is 4.84 Å². The molecule has 1 unspecified atom stereocenters. The lowest BCUT2D eigenvalue weighted by atomic mass is 10.1. The van der Waals surface area contributed by atoms with Crippen molar-refractivity contribution in [3.8, 4) is 0 Å². The number of nitrogens with zero attached hydrogens (tertiary/aromatic N) is 1. The molecule has 0 radical (unpaired) electrons. The normalized spacial score (nSPS) is 21.3. The predicted molar refractivity (Wildman–Crippen MR) is 51.0 cm³/mol. The Balaban J connectivity index is 1.94. The summed E-state index contributed by atoms with van der Waals surface area (Å²) in [7, 11) is 0. The zero-order valence-electron chi connectivity index (χ0n) is 7.62. The van der Waals surface area contributed by atoms with Crippen LogP contribution in [0.15, 0.2) is 22.7 Å². The molecule has 0 fully saturated rings. The van der Waals surface area contributed by atoms with E-state index in [9.17, 15) is 13.2 Å². The van der Waals surface area contributed by atoms with Crippen molar-refractivity contribution in [2.24, 2.45) is 5.16 Å². The number of thiophene rings is 1. The van der Waals surface area contributed by atoms with Gasteiger partial charge >= 0.3 is 6.18 Å². The Kier molecular flexibility index (Phi) is 2.68. The summed E-state index contributed by atoms with van der Waals surface area (Å²) in [5.41, 5.74) is 0.610. The molecule has 0 bridgehead atoms. The third-order valence-electron chi connectivity index (χ3n) is 2.00. The van der Waals surface area contributed by atoms with Crippen LogP contribution in [0.25, 0.3) is 0 Å². The van der Waals surface area contributed by atoms with Gasteiger partial charge in [-0.25, -0.2) is 0 Å². The first-order chi connectivity index (χ1) is 7.04. The van der Waals surface area contributed by atoms with Crippen LogP contribution in [-0.4, -0.2) is 18.0 Å². The molecule has 6 heteroatoms. The van der Waals surface area contributed by atoms with Crippen LogP contribution in [0.4, 0.5) is 13.2 Å². The van der Waals surface area contributed by atoms with Gasteiger partial charge in [0, 0.05) is 6.42 Å². The maximum absolute atomic E-state index is 12.0. The SMILES string of the molecule is FC(F)(F)CC1CC(c2cccs2)=NO1. The molecule has 0 amide bonds. The van der Waals surface area contributed by atoms with Crippen LogP contribution < -0.4 is 0 Å². The van der Waals surface area contributed by atoms with E-state index in [0.29, 0.717) is 5.71 Å². The molecule has 0 spiro atoms. The highest BCUT2D eigenvalue weighted by molar-refractivity contribution is 7.12. The maximum Gasteiger partial charge on any atom is 0.392 e. The molecular formula is C9H8F3NOS. The highest BCUT2D eigenvalue weighted by atomic mass is 32.1. The number of hydrogen-bond donors (Lipinski definition) is 0. The Bertz CT molecular complexity index is 358. The third kappa shape index (κ3) is 2.71. The van der Waals surface area contributed by atoms with Gasteiger partial charge in [0.1, 0.15) is 11.8 Å². The first-order valence-corrected chi connectivity index (χ1v) is 5.26. The van der Waals surface area contributed by atoms with E-state index in [2.05, 4.69) is 5.16 Å². The number of hydrogen-bond acceptors (Lipinski definition) is 3. The summed E-state index contributed by atoms with van der Waals surface area (Å²) in [6, 6.07) is 3.66. The Morgan fingerprint density at radius 3 is 2.93 bits per heavy atom. The lowest BCUT2D eigenvalue weighted by Gasteiger charge is -2.10. The molecule has 0 saturated carbocycles. The fourth-order valence-corrected chi connectivity index (χ4v) is 2.10. The molecular weight excluding hydrogens is 227 g/mol. The maximum atomic E-state index is 12.0. The fraction of sp³-hybridized carbons (Fsp3) is 0.444. The molecule has 0 aromatic carbocycles. The minimum absolute atomic E-state index is 0.236. The first kappa shape index (κ1) is 10.5. The minimum atomic E-state index is -4.19. The molecule has 0 N–H and O–H groups in total. The molecule has 2 nitrogen and oxygen atoms in total. The van der Waals surface area contributed by atoms with Crippen LogP contribution in [0.2, 0.25) is 0 Å². The molecule has 2 rings (SSSR count). The number of rotatable bonds is 2. The van der Waals surface area contributed by atoms with E-state index < -0.39 is 18.7 Å². The van der Waals surface area contributed by atoms with Gasteiger partial charge in [0.05, 0.1) is 11.3 Å². The van der Waals surface area contributed by atoms with Gasteiger partial charge in [-0.1, -0.05) is 11.2 Å². The van der Waals surface area contributed by atoms with E-state index in [-0.39, 0.29) is 6.42 Å². The second-order valence-corrected chi connectivity index (χ2v) is 4.21. The van der Waals surface area contributed by atoms with Gasteiger partial charge < -0.3 is 4.84 Å². The Hall–Kier alpha value is -1.04. The highest BCUT2D eigenvalue weighted by Crippen LogP contribution is 2.29. The minimum Gasteiger partial charge on any atom is -0.391 e. The molecule has 15 heavy (non-hydrogen) atoms. The van der Waals surface area contributed by atoms with E-state index >= 15 is 0 Å². The number of oxime groups is 1. The Morgan fingerprint density at radius 1 is 1.53 bits per heavy atom. The summed E-state index contributed by atoms with van der Waals surface area (Å²) in [5, 5.41) is 5.53. The topological polar surface area (TPSA) is 21.6 Å². The van der Waals surface area contributed by atoms with Gasteiger partial charge in [-0.3, -0.25) is 0 Å². The summed E-state index contributed by atoms with van der Waals surface area (Å²) in [5.74, 6) is 0. The van der Waals surface area contributed by atoms with Gasteiger partial charge in [0.2, 0.25) is 0 Å². The van der Waals surface area contributed by atoms with Crippen molar-refractivity contribution in [1.29, 1.82) is 0 Å². The Labute approximate surface area is 88.4 Å². The van der Waals surface area contributed by atoms with Gasteiger partial charge in [0.25, 0.3) is 0 Å². The van der Waals surface area contributed by atoms with Crippen LogP contribution in [0.5, 0.6) is 0 Å². The zero-order chi connectivity index (χ0) is 10.9. The standard InChI is InChI=1S/C9H8F3NOS/c10-9(11,12)5-6-4-7(13-14-6)8-2-1-3-15-8/h1-3,6H,4-5H2. The van der Waals surface area contributed by atoms with Crippen LogP contribution in [-0.2, 0) is 4.84 Å². The van der Waals surface area contributed by atoms with Crippen molar-refractivity contribution in [2.75, 3.05) is 0 Å². The molecule has 2 heterocycles. The molecule has 1 aromatic heterocycles. The first-order valence-electron chi connectivity index (χ1n) is 4.38. The smallest absolute Gasteiger partial charge is 0.391 e. The number of halogens is 3. The van der Waals surface area contributed by atoms with E-state index in [1.54, 1.807) is 0 Å². The van der Waals surface area contributed by atoms with Crippen molar-refractivity contribution < 1.29 is 18.0 Å². The van der Waals surface area contributed by atoms with E-state index in [1.165, 1.54) is 11.3 Å². The van der Waals surface area contributed by atoms with Gasteiger partial charge in [0.15, 0.2) is 0 Å². The van der Waals surface area contributed by atoms with Crippen molar-refractivity contribution in [3.05, 3.63) is 22.4 Å². The molecule has 0 saturated heterocycles. The van der Waals surface area contributed by atoms with E-state index in [1.807, 2.05) is 17.5 Å². The average Bonchev–Trinajstić information content (AvgIpc) is 2.68. The van der Waals surface area contributed by atoms with Crippen molar-refractivity contribution in [1.82, 2.24) is 0 Å². The van der Waals surface area contributed by atoms with Crippen LogP contribution >= 0.6 is 11.3 Å². The summed E-state index contributed by atoms with van der Waals surface area (Å²) in [6.45, 7) is 0. The summed E-state index contributed by atoms with van der Waals surface area (Å²) < 4.78 is 36.1. The molecule has 1 atom stereocenters. The third-order valence-corrected chi connectivity index (χ3v) is 2.92. The Morgan fingerprint density at radius 2 is 2.33 bits per heavy atom. The van der Waals surface area contributed by atoms with Crippen LogP contribution in [0, 0.1) is 0 Å². The quantitative estimate of drug-likeness (QED) is 0.771. The molecule has 1 aromatic rings. The molecule has 1 aliphatic heterocycles. The zero-order valence-corrected chi connectivity index (χ0v) is 8.44. The van der Waals surface area contributed by atoms with Crippen LogP contribution in [0.1, 0.15) is 17.7 Å². The fourth-order valence-electron chi connectivity index (χ4n) is 1.38. The van der Waals surface area contributed by atoms with Gasteiger partial charge in [-0.05, 0) is 11.4 Å². The molecule has 1 aliphatic rings. The average molecular weight is 235 g/mol. The predicted octanol–water partition coefficient (Wildman–Crippen LogP) is 3.19. The second-order valence-electron chi connectivity index (χ2n) is 3.27. The lowest BCUT2D eigenvalue weighted by molar-refractivity contribution is -0.157. The highest BCUT2D eigenvalue weighted by Gasteiger charge is 2.36. The van der Waals surface area contributed by atoms with Gasteiger partial charge in [-0.2, -0.15) is 13.2 Å². The van der Waals surface area contributed by atoms with Crippen LogP contribution in [0.3, 0.4) is 0 Å². The summed E-state index contributed by atoms with van der Waals surface area (Å²) in [4.78, 5) is 5.61. The lowest BCUT2D eigenvalue weighted by Crippen LogP contribution is -2.19. The van der Waals surface area contributed by atoms with Crippen molar-refractivity contribution in [3.63, 3.8) is 0 Å². The monoisotopic (exact) mass is 235 g/mol. The molecule has 82 valence electrons.